The van der Waals surface area contributed by atoms with Crippen LogP contribution in [-0.2, 0) is 26.4 Å². The zero-order valence-corrected chi connectivity index (χ0v) is 20.1. The Labute approximate surface area is 199 Å². The Morgan fingerprint density at radius 2 is 1.74 bits per heavy atom. The molecule has 2 heterocycles. The molecule has 0 radical (unpaired) electrons. The molecule has 180 valence electrons. The number of rotatable bonds is 7. The number of aromatic nitrogens is 2. The van der Waals surface area contributed by atoms with E-state index in [-0.39, 0.29) is 35.9 Å². The highest BCUT2D eigenvalue weighted by molar-refractivity contribution is 6.02. The third-order valence-corrected chi connectivity index (χ3v) is 7.01. The van der Waals surface area contributed by atoms with Crippen LogP contribution in [0.15, 0.2) is 41.2 Å². The van der Waals surface area contributed by atoms with Crippen molar-refractivity contribution in [2.75, 3.05) is 0 Å². The number of nitrogens with one attached hydrogen (secondary N) is 1. The summed E-state index contributed by atoms with van der Waals surface area (Å²) >= 11 is 0. The van der Waals surface area contributed by atoms with Gasteiger partial charge in [-0.2, -0.15) is 0 Å². The number of carbonyl (C=O) groups excluding carboxylic acids is 2. The van der Waals surface area contributed by atoms with Gasteiger partial charge in [0, 0.05) is 24.3 Å². The average molecular weight is 464 g/mol. The first kappa shape index (κ1) is 24.0. The predicted molar refractivity (Wildman–Crippen MR) is 132 cm³/mol. The Balaban J connectivity index is 1.76. The third-order valence-electron chi connectivity index (χ3n) is 7.01. The van der Waals surface area contributed by atoms with Crippen LogP contribution in [-0.4, -0.2) is 38.1 Å². The maximum absolute atomic E-state index is 13.7. The summed E-state index contributed by atoms with van der Waals surface area (Å²) in [7, 11) is 1.82. The first-order valence-corrected chi connectivity index (χ1v) is 12.2. The summed E-state index contributed by atoms with van der Waals surface area (Å²) in [5.41, 5.74) is 3.02. The lowest BCUT2D eigenvalue weighted by Crippen LogP contribution is -2.39. The van der Waals surface area contributed by atoms with Gasteiger partial charge in [0.05, 0.1) is 23.6 Å². The molecule has 0 aliphatic heterocycles. The summed E-state index contributed by atoms with van der Waals surface area (Å²) in [6.07, 6.45) is 3.67. The van der Waals surface area contributed by atoms with Crippen molar-refractivity contribution in [2.24, 2.45) is 7.05 Å². The molecule has 0 saturated heterocycles. The molecule has 1 aliphatic carbocycles. The lowest BCUT2D eigenvalue weighted by atomic mass is 9.93. The molecule has 4 rings (SSSR count). The predicted octanol–water partition coefficient (Wildman–Crippen LogP) is 3.38. The molecule has 2 aromatic heterocycles. The first-order valence-electron chi connectivity index (χ1n) is 12.2. The van der Waals surface area contributed by atoms with Crippen LogP contribution in [0.5, 0.6) is 0 Å². The summed E-state index contributed by atoms with van der Waals surface area (Å²) in [6, 6.07) is 10.9. The van der Waals surface area contributed by atoms with Gasteiger partial charge in [-0.1, -0.05) is 44.2 Å². The van der Waals surface area contributed by atoms with Gasteiger partial charge in [-0.25, -0.2) is 0 Å². The van der Waals surface area contributed by atoms with Crippen LogP contribution < -0.4 is 10.9 Å². The fourth-order valence-corrected chi connectivity index (χ4v) is 5.11. The van der Waals surface area contributed by atoms with Gasteiger partial charge in [0.1, 0.15) is 5.69 Å². The lowest BCUT2D eigenvalue weighted by Gasteiger charge is -2.26. The normalized spacial score (nSPS) is 18.2. The Hall–Kier alpha value is -3.19. The fraction of sp³-hybridized carbons (Fsp3) is 0.444. The minimum atomic E-state index is -0.290. The Bertz CT molecular complexity index is 1260. The van der Waals surface area contributed by atoms with Crippen molar-refractivity contribution in [1.29, 1.82) is 0 Å². The summed E-state index contributed by atoms with van der Waals surface area (Å²) in [5.74, 6) is -0.315. The number of pyridine rings is 1. The van der Waals surface area contributed by atoms with E-state index < -0.39 is 0 Å². The minimum Gasteiger partial charge on any atom is -0.393 e. The highest BCUT2D eigenvalue weighted by Crippen LogP contribution is 2.26. The molecule has 1 aromatic carbocycles. The van der Waals surface area contributed by atoms with E-state index in [0.29, 0.717) is 53.4 Å². The van der Waals surface area contributed by atoms with Gasteiger partial charge in [-0.15, -0.1) is 0 Å². The van der Waals surface area contributed by atoms with Gasteiger partial charge in [0.25, 0.3) is 11.5 Å². The second-order valence-electron chi connectivity index (χ2n) is 9.15. The Morgan fingerprint density at radius 1 is 1.06 bits per heavy atom. The van der Waals surface area contributed by atoms with Crippen LogP contribution >= 0.6 is 0 Å². The molecule has 1 saturated carbocycles. The maximum Gasteiger partial charge on any atom is 0.268 e. The summed E-state index contributed by atoms with van der Waals surface area (Å²) in [6.45, 7) is 3.86. The molecule has 0 unspecified atom stereocenters. The molecule has 0 spiro atoms. The number of nitrogens with zero attached hydrogens (tertiary/aromatic N) is 2. The largest absolute Gasteiger partial charge is 0.393 e. The molecule has 2 N–H and O–H groups in total. The van der Waals surface area contributed by atoms with Crippen molar-refractivity contribution >= 4 is 22.6 Å². The molecule has 1 aliphatic rings. The average Bonchev–Trinajstić information content (AvgIpc) is 3.14. The van der Waals surface area contributed by atoms with Gasteiger partial charge in [0.15, 0.2) is 5.78 Å². The van der Waals surface area contributed by atoms with Crippen molar-refractivity contribution in [3.63, 3.8) is 0 Å². The van der Waals surface area contributed by atoms with E-state index in [0.717, 1.165) is 18.5 Å². The van der Waals surface area contributed by atoms with Crippen molar-refractivity contribution in [3.8, 4) is 0 Å². The van der Waals surface area contributed by atoms with E-state index in [1.807, 2.05) is 49.7 Å². The molecule has 0 bridgehead atoms. The van der Waals surface area contributed by atoms with E-state index in [9.17, 15) is 19.5 Å². The number of ketones is 1. The lowest BCUT2D eigenvalue weighted by molar-refractivity contribution is 0.0859. The van der Waals surface area contributed by atoms with Crippen LogP contribution in [0.4, 0.5) is 0 Å². The second-order valence-corrected chi connectivity index (χ2v) is 9.15. The molecule has 1 fully saturated rings. The number of hydrogen-bond donors (Lipinski definition) is 2. The Kier molecular flexibility index (Phi) is 7.03. The van der Waals surface area contributed by atoms with Crippen LogP contribution in [0.1, 0.15) is 71.6 Å². The van der Waals surface area contributed by atoms with Crippen LogP contribution in [0.3, 0.4) is 0 Å². The van der Waals surface area contributed by atoms with E-state index in [2.05, 4.69) is 5.32 Å². The molecule has 0 atom stereocenters. The summed E-state index contributed by atoms with van der Waals surface area (Å²) in [5, 5.41) is 13.4. The van der Waals surface area contributed by atoms with Gasteiger partial charge in [-0.05, 0) is 50.2 Å². The number of amides is 1. The van der Waals surface area contributed by atoms with Gasteiger partial charge in [-0.3, -0.25) is 14.4 Å². The molecule has 7 nitrogen and oxygen atoms in total. The number of carbonyl (C=O) groups is 2. The molecular formula is C27H33N3O4. The van der Waals surface area contributed by atoms with Gasteiger partial charge >= 0.3 is 0 Å². The van der Waals surface area contributed by atoms with E-state index in [4.69, 9.17) is 0 Å². The summed E-state index contributed by atoms with van der Waals surface area (Å²) in [4.78, 5) is 39.9. The number of aliphatic hydroxyl groups is 1. The van der Waals surface area contributed by atoms with Gasteiger partial charge < -0.3 is 19.6 Å². The molecule has 3 aromatic rings. The van der Waals surface area contributed by atoms with Gasteiger partial charge in [0.2, 0.25) is 0 Å². The molecular weight excluding hydrogens is 430 g/mol. The van der Waals surface area contributed by atoms with Crippen molar-refractivity contribution < 1.29 is 14.7 Å². The number of hydrogen-bond acceptors (Lipinski definition) is 4. The SMILES string of the molecule is CCc1c(C(=O)N[C@H]2CC[C@H](O)CC2)n(C)c2cc(CC)n(CC(=O)c3ccccc3)c(=O)c12. The first-order chi connectivity index (χ1) is 16.3. The number of fused-ring (bicyclic) bond motifs is 1. The van der Waals surface area contributed by atoms with Crippen LogP contribution in [0, 0.1) is 0 Å². The zero-order chi connectivity index (χ0) is 24.4. The van der Waals surface area contributed by atoms with Crippen LogP contribution in [0.2, 0.25) is 0 Å². The fourth-order valence-electron chi connectivity index (χ4n) is 5.11. The second kappa shape index (κ2) is 9.97. The van der Waals surface area contributed by atoms with Crippen molar-refractivity contribution in [3.05, 3.63) is 69.3 Å². The Morgan fingerprint density at radius 3 is 2.35 bits per heavy atom. The number of Topliss-reactive ketones (excluding diaryl/α,β-unsaturated/α-hetero) is 1. The van der Waals surface area contributed by atoms with Crippen molar-refractivity contribution in [2.45, 2.75) is 71.1 Å². The van der Waals surface area contributed by atoms with E-state index in [1.165, 1.54) is 0 Å². The van der Waals surface area contributed by atoms with Crippen molar-refractivity contribution in [1.82, 2.24) is 14.5 Å². The summed E-state index contributed by atoms with van der Waals surface area (Å²) < 4.78 is 3.37. The minimum absolute atomic E-state index is 0.0185. The number of aryl methyl sites for hydroxylation is 3. The highest BCUT2D eigenvalue weighted by Gasteiger charge is 2.27. The monoisotopic (exact) mass is 463 g/mol. The number of aliphatic hydroxyl groups excluding tert-OH is 1. The molecule has 7 heteroatoms. The molecule has 34 heavy (non-hydrogen) atoms. The topological polar surface area (TPSA) is 93.3 Å². The molecule has 1 amide bonds. The third kappa shape index (κ3) is 4.44. The van der Waals surface area contributed by atoms with Crippen LogP contribution in [0.25, 0.3) is 10.9 Å². The highest BCUT2D eigenvalue weighted by atomic mass is 16.3. The standard InChI is InChI=1S/C27H33N3O4/c1-4-19-15-22-24(27(34)30(19)16-23(32)17-9-7-6-8-10-17)21(5-2)25(29(22)3)26(33)28-18-11-13-20(31)14-12-18/h6-10,15,18,20,31H,4-5,11-14,16H2,1-3H3,(H,28,33)/t18-,20-. The van der Waals surface area contributed by atoms with E-state index in [1.54, 1.807) is 16.7 Å². The maximum atomic E-state index is 13.7. The van der Waals surface area contributed by atoms with E-state index >= 15 is 0 Å². The smallest absolute Gasteiger partial charge is 0.268 e. The number of benzene rings is 1. The quantitative estimate of drug-likeness (QED) is 0.526. The zero-order valence-electron chi connectivity index (χ0n) is 20.1.